The molecule has 19 heavy (non-hydrogen) atoms. The zero-order valence-corrected chi connectivity index (χ0v) is 12.8. The molecule has 0 aromatic rings. The maximum Gasteiger partial charge on any atom is 0.282 e. The van der Waals surface area contributed by atoms with Crippen LogP contribution in [0.25, 0.3) is 0 Å². The highest BCUT2D eigenvalue weighted by atomic mass is 32.2. The Hall–Kier alpha value is -0.170. The van der Waals surface area contributed by atoms with Gasteiger partial charge in [-0.15, -0.1) is 0 Å². The molecule has 2 aliphatic rings. The van der Waals surface area contributed by atoms with Gasteiger partial charge in [0.25, 0.3) is 10.2 Å². The number of hydrogen-bond donors (Lipinski definition) is 1. The van der Waals surface area contributed by atoms with Crippen molar-refractivity contribution in [3.05, 3.63) is 0 Å². The van der Waals surface area contributed by atoms with Gasteiger partial charge in [-0.25, -0.2) is 0 Å². The summed E-state index contributed by atoms with van der Waals surface area (Å²) >= 11 is 0. The van der Waals surface area contributed by atoms with Crippen LogP contribution in [0.4, 0.5) is 0 Å². The fourth-order valence-electron chi connectivity index (χ4n) is 3.38. The molecule has 0 amide bonds. The van der Waals surface area contributed by atoms with Crippen molar-refractivity contribution in [3.63, 3.8) is 0 Å². The number of aliphatic hydroxyl groups is 1. The van der Waals surface area contributed by atoms with E-state index in [0.717, 1.165) is 12.8 Å². The second-order valence-electron chi connectivity index (χ2n) is 6.30. The third-order valence-corrected chi connectivity index (χ3v) is 6.21. The van der Waals surface area contributed by atoms with E-state index in [4.69, 9.17) is 5.11 Å². The molecule has 5 nitrogen and oxygen atoms in total. The standard InChI is InChI=1S/C13H26N2O3S/c1-11-7-12(2)9-15(8-11)19(17,18)14-5-3-13(10-14)4-6-16/h11-13,16H,3-10H2,1-2H3. The number of aliphatic hydroxyl groups excluding tert-OH is 1. The molecule has 3 atom stereocenters. The SMILES string of the molecule is CC1CC(C)CN(S(=O)(=O)N2CCC(CCO)C2)C1. The first-order valence-corrected chi connectivity index (χ1v) is 8.69. The summed E-state index contributed by atoms with van der Waals surface area (Å²) in [5, 5.41) is 8.96. The van der Waals surface area contributed by atoms with E-state index < -0.39 is 10.2 Å². The average molecular weight is 290 g/mol. The number of nitrogens with zero attached hydrogens (tertiary/aromatic N) is 2. The number of piperidine rings is 1. The molecule has 3 unspecified atom stereocenters. The van der Waals surface area contributed by atoms with Crippen LogP contribution in [0.3, 0.4) is 0 Å². The Morgan fingerprint density at radius 3 is 2.32 bits per heavy atom. The summed E-state index contributed by atoms with van der Waals surface area (Å²) in [6.07, 6.45) is 2.69. The summed E-state index contributed by atoms with van der Waals surface area (Å²) in [6.45, 7) is 6.86. The molecule has 112 valence electrons. The van der Waals surface area contributed by atoms with E-state index in [2.05, 4.69) is 13.8 Å². The first kappa shape index (κ1) is 15.2. The Morgan fingerprint density at radius 2 is 1.74 bits per heavy atom. The van der Waals surface area contributed by atoms with Crippen molar-refractivity contribution >= 4 is 10.2 Å². The molecule has 0 radical (unpaired) electrons. The highest BCUT2D eigenvalue weighted by Crippen LogP contribution is 2.28. The van der Waals surface area contributed by atoms with E-state index in [1.165, 1.54) is 0 Å². The second kappa shape index (κ2) is 6.08. The van der Waals surface area contributed by atoms with Crippen LogP contribution in [-0.2, 0) is 10.2 Å². The van der Waals surface area contributed by atoms with E-state index in [1.807, 2.05) is 0 Å². The van der Waals surface area contributed by atoms with Gasteiger partial charge in [0, 0.05) is 32.8 Å². The number of rotatable bonds is 4. The lowest BCUT2D eigenvalue weighted by Crippen LogP contribution is -2.48. The summed E-state index contributed by atoms with van der Waals surface area (Å²) in [6, 6.07) is 0. The van der Waals surface area contributed by atoms with Crippen molar-refractivity contribution in [2.45, 2.75) is 33.1 Å². The highest BCUT2D eigenvalue weighted by molar-refractivity contribution is 7.86. The lowest BCUT2D eigenvalue weighted by atomic mass is 9.94. The van der Waals surface area contributed by atoms with Crippen LogP contribution < -0.4 is 0 Å². The molecule has 0 spiro atoms. The first-order valence-electron chi connectivity index (χ1n) is 7.29. The minimum absolute atomic E-state index is 0.149. The van der Waals surface area contributed by atoms with Gasteiger partial charge in [0.15, 0.2) is 0 Å². The molecule has 2 saturated heterocycles. The third kappa shape index (κ3) is 3.48. The van der Waals surface area contributed by atoms with Crippen LogP contribution in [0.2, 0.25) is 0 Å². The topological polar surface area (TPSA) is 60.9 Å². The van der Waals surface area contributed by atoms with E-state index in [0.29, 0.717) is 50.4 Å². The average Bonchev–Trinajstić information content (AvgIpc) is 2.77. The Morgan fingerprint density at radius 1 is 1.11 bits per heavy atom. The zero-order chi connectivity index (χ0) is 14.0. The van der Waals surface area contributed by atoms with Crippen LogP contribution in [-0.4, -0.2) is 54.9 Å². The number of hydrogen-bond acceptors (Lipinski definition) is 3. The molecule has 1 N–H and O–H groups in total. The summed E-state index contributed by atoms with van der Waals surface area (Å²) in [7, 11) is -3.29. The first-order chi connectivity index (χ1) is 8.93. The Bertz CT molecular complexity index is 389. The third-order valence-electron chi connectivity index (χ3n) is 4.27. The molecule has 6 heteroatoms. The summed E-state index contributed by atoms with van der Waals surface area (Å²) in [5.41, 5.74) is 0. The molecular weight excluding hydrogens is 264 g/mol. The second-order valence-corrected chi connectivity index (χ2v) is 8.22. The Balaban J connectivity index is 2.02. The predicted octanol–water partition coefficient (Wildman–Crippen LogP) is 0.913. The van der Waals surface area contributed by atoms with Crippen molar-refractivity contribution in [1.82, 2.24) is 8.61 Å². The van der Waals surface area contributed by atoms with Crippen LogP contribution in [0.5, 0.6) is 0 Å². The van der Waals surface area contributed by atoms with E-state index in [1.54, 1.807) is 8.61 Å². The van der Waals surface area contributed by atoms with Crippen LogP contribution >= 0.6 is 0 Å². The van der Waals surface area contributed by atoms with E-state index in [-0.39, 0.29) is 6.61 Å². The normalized spacial score (nSPS) is 34.8. The van der Waals surface area contributed by atoms with Gasteiger partial charge in [-0.05, 0) is 37.0 Å². The van der Waals surface area contributed by atoms with Crippen molar-refractivity contribution < 1.29 is 13.5 Å². The Kier molecular flexibility index (Phi) is 4.87. The van der Waals surface area contributed by atoms with Gasteiger partial charge in [0.05, 0.1) is 0 Å². The molecule has 0 aromatic heterocycles. The molecule has 2 heterocycles. The largest absolute Gasteiger partial charge is 0.396 e. The van der Waals surface area contributed by atoms with Crippen LogP contribution in [0.1, 0.15) is 33.1 Å². The molecule has 0 saturated carbocycles. The summed E-state index contributed by atoms with van der Waals surface area (Å²) in [4.78, 5) is 0. The zero-order valence-electron chi connectivity index (χ0n) is 12.0. The molecule has 2 rings (SSSR count). The molecule has 2 aliphatic heterocycles. The van der Waals surface area contributed by atoms with Gasteiger partial charge in [0.2, 0.25) is 0 Å². The van der Waals surface area contributed by atoms with Crippen molar-refractivity contribution in [1.29, 1.82) is 0 Å². The quantitative estimate of drug-likeness (QED) is 0.837. The maximum atomic E-state index is 12.6. The van der Waals surface area contributed by atoms with Gasteiger partial charge >= 0.3 is 0 Å². The Labute approximate surface area is 116 Å². The van der Waals surface area contributed by atoms with Crippen molar-refractivity contribution in [3.8, 4) is 0 Å². The van der Waals surface area contributed by atoms with Crippen molar-refractivity contribution in [2.24, 2.45) is 17.8 Å². The van der Waals surface area contributed by atoms with Gasteiger partial charge in [-0.1, -0.05) is 13.8 Å². The van der Waals surface area contributed by atoms with Crippen LogP contribution in [0, 0.1) is 17.8 Å². The minimum atomic E-state index is -3.29. The van der Waals surface area contributed by atoms with Crippen molar-refractivity contribution in [2.75, 3.05) is 32.8 Å². The molecule has 0 aromatic carbocycles. The maximum absolute atomic E-state index is 12.6. The smallest absolute Gasteiger partial charge is 0.282 e. The predicted molar refractivity (Wildman–Crippen MR) is 74.8 cm³/mol. The van der Waals surface area contributed by atoms with Gasteiger partial charge < -0.3 is 5.11 Å². The van der Waals surface area contributed by atoms with E-state index >= 15 is 0 Å². The van der Waals surface area contributed by atoms with Gasteiger partial charge in [0.1, 0.15) is 0 Å². The summed E-state index contributed by atoms with van der Waals surface area (Å²) < 4.78 is 28.5. The molecule has 0 bridgehead atoms. The minimum Gasteiger partial charge on any atom is -0.396 e. The molecule has 0 aliphatic carbocycles. The highest BCUT2D eigenvalue weighted by Gasteiger charge is 2.38. The fourth-order valence-corrected chi connectivity index (χ4v) is 5.33. The summed E-state index contributed by atoms with van der Waals surface area (Å²) in [5.74, 6) is 1.20. The molecular formula is C13H26N2O3S. The van der Waals surface area contributed by atoms with Gasteiger partial charge in [-0.3, -0.25) is 0 Å². The van der Waals surface area contributed by atoms with E-state index in [9.17, 15) is 8.42 Å². The van der Waals surface area contributed by atoms with Crippen LogP contribution in [0.15, 0.2) is 0 Å². The molecule has 2 fully saturated rings. The monoisotopic (exact) mass is 290 g/mol. The van der Waals surface area contributed by atoms with Gasteiger partial charge in [-0.2, -0.15) is 17.0 Å². The lowest BCUT2D eigenvalue weighted by molar-refractivity contribution is 0.210. The lowest BCUT2D eigenvalue weighted by Gasteiger charge is -2.36. The fraction of sp³-hybridized carbons (Fsp3) is 1.00.